The van der Waals surface area contributed by atoms with Crippen molar-refractivity contribution < 1.29 is 14.3 Å². The van der Waals surface area contributed by atoms with Crippen LogP contribution in [0.15, 0.2) is 54.7 Å². The van der Waals surface area contributed by atoms with E-state index >= 15 is 0 Å². The van der Waals surface area contributed by atoms with Gasteiger partial charge in [0.2, 0.25) is 5.91 Å². The molecule has 0 atom stereocenters. The van der Waals surface area contributed by atoms with Crippen LogP contribution in [0, 0.1) is 0 Å². The molecule has 2 aromatic heterocycles. The molecule has 3 aromatic rings. The van der Waals surface area contributed by atoms with E-state index in [1.807, 2.05) is 24.4 Å². The van der Waals surface area contributed by atoms with Gasteiger partial charge in [-0.1, -0.05) is 29.8 Å². The van der Waals surface area contributed by atoms with Crippen molar-refractivity contribution in [1.29, 1.82) is 0 Å². The number of cyclic esters (lactones) is 1. The second-order valence-corrected chi connectivity index (χ2v) is 6.18. The molecule has 1 fully saturated rings. The Labute approximate surface area is 159 Å². The first-order valence-electron chi connectivity index (χ1n) is 8.28. The SMILES string of the molecule is O=C(/C=C/c1c(Cl)nc2ccccn12)Nc1ccccc1N1CCOC1=O. The van der Waals surface area contributed by atoms with Crippen LogP contribution in [0.1, 0.15) is 5.69 Å². The predicted octanol–water partition coefficient (Wildman–Crippen LogP) is 3.60. The molecule has 0 unspecified atom stereocenters. The molecule has 2 amide bonds. The molecule has 0 saturated carbocycles. The molecule has 3 heterocycles. The van der Waals surface area contributed by atoms with E-state index in [0.29, 0.717) is 41.0 Å². The van der Waals surface area contributed by atoms with Crippen molar-refractivity contribution in [3.05, 3.63) is 65.6 Å². The first kappa shape index (κ1) is 17.1. The number of nitrogens with zero attached hydrogens (tertiary/aromatic N) is 3. The molecule has 0 aliphatic carbocycles. The van der Waals surface area contributed by atoms with Gasteiger partial charge in [-0.05, 0) is 30.3 Å². The van der Waals surface area contributed by atoms with Crippen LogP contribution >= 0.6 is 11.6 Å². The number of hydrogen-bond donors (Lipinski definition) is 1. The summed E-state index contributed by atoms with van der Waals surface area (Å²) in [5.41, 5.74) is 2.42. The van der Waals surface area contributed by atoms with Crippen LogP contribution in [0.2, 0.25) is 5.15 Å². The molecule has 0 bridgehead atoms. The van der Waals surface area contributed by atoms with Gasteiger partial charge < -0.3 is 10.1 Å². The number of para-hydroxylation sites is 2. The second kappa shape index (κ2) is 7.13. The van der Waals surface area contributed by atoms with Gasteiger partial charge in [-0.2, -0.15) is 0 Å². The number of rotatable bonds is 4. The van der Waals surface area contributed by atoms with E-state index < -0.39 is 6.09 Å². The molecule has 4 rings (SSSR count). The van der Waals surface area contributed by atoms with Gasteiger partial charge in [0, 0.05) is 12.3 Å². The summed E-state index contributed by atoms with van der Waals surface area (Å²) in [6.07, 6.45) is 4.37. The average molecular weight is 383 g/mol. The van der Waals surface area contributed by atoms with Gasteiger partial charge in [0.1, 0.15) is 12.3 Å². The third-order valence-corrected chi connectivity index (χ3v) is 4.41. The number of amides is 2. The number of carbonyl (C=O) groups excluding carboxylic acids is 2. The van der Waals surface area contributed by atoms with Gasteiger partial charge in [-0.15, -0.1) is 0 Å². The number of imidazole rings is 1. The fourth-order valence-corrected chi connectivity index (χ4v) is 3.13. The number of fused-ring (bicyclic) bond motifs is 1. The van der Waals surface area contributed by atoms with E-state index in [-0.39, 0.29) is 5.91 Å². The lowest BCUT2D eigenvalue weighted by Crippen LogP contribution is -2.25. The molecule has 8 heteroatoms. The van der Waals surface area contributed by atoms with Crippen LogP contribution in [0.3, 0.4) is 0 Å². The van der Waals surface area contributed by atoms with Gasteiger partial charge in [-0.3, -0.25) is 14.1 Å². The van der Waals surface area contributed by atoms with E-state index in [1.54, 1.807) is 34.7 Å². The van der Waals surface area contributed by atoms with Crippen molar-refractivity contribution in [1.82, 2.24) is 9.38 Å². The quantitative estimate of drug-likeness (QED) is 0.699. The third-order valence-electron chi connectivity index (χ3n) is 4.13. The van der Waals surface area contributed by atoms with Crippen LogP contribution in [-0.4, -0.2) is 34.5 Å². The molecule has 1 saturated heterocycles. The zero-order chi connectivity index (χ0) is 18.8. The number of nitrogens with one attached hydrogen (secondary N) is 1. The van der Waals surface area contributed by atoms with Crippen molar-refractivity contribution in [2.24, 2.45) is 0 Å². The van der Waals surface area contributed by atoms with Crippen LogP contribution < -0.4 is 10.2 Å². The summed E-state index contributed by atoms with van der Waals surface area (Å²) in [4.78, 5) is 29.9. The number of ether oxygens (including phenoxy) is 1. The molecule has 1 N–H and O–H groups in total. The Bertz CT molecular complexity index is 1060. The standard InChI is InChI=1S/C19H15ClN4O3/c20-18-15(23-10-4-3-7-16(23)22-18)8-9-17(25)21-13-5-1-2-6-14(13)24-11-12-27-19(24)26/h1-10H,11-12H2,(H,21,25)/b9-8+. The molecule has 0 spiro atoms. The Morgan fingerprint density at radius 2 is 2.04 bits per heavy atom. The van der Waals surface area contributed by atoms with E-state index in [2.05, 4.69) is 10.3 Å². The van der Waals surface area contributed by atoms with Crippen LogP contribution in [0.25, 0.3) is 11.7 Å². The first-order chi connectivity index (χ1) is 13.1. The number of anilines is 2. The summed E-state index contributed by atoms with van der Waals surface area (Å²) in [6, 6.07) is 12.6. The maximum Gasteiger partial charge on any atom is 0.414 e. The number of hydrogen-bond acceptors (Lipinski definition) is 4. The lowest BCUT2D eigenvalue weighted by atomic mass is 10.2. The monoisotopic (exact) mass is 382 g/mol. The Hall–Kier alpha value is -3.32. The topological polar surface area (TPSA) is 75.9 Å². The fraction of sp³-hybridized carbons (Fsp3) is 0.105. The largest absolute Gasteiger partial charge is 0.447 e. The minimum atomic E-state index is -0.426. The summed E-state index contributed by atoms with van der Waals surface area (Å²) in [6.45, 7) is 0.771. The second-order valence-electron chi connectivity index (χ2n) is 5.82. The van der Waals surface area contributed by atoms with Crippen LogP contribution in [-0.2, 0) is 9.53 Å². The highest BCUT2D eigenvalue weighted by atomic mass is 35.5. The van der Waals surface area contributed by atoms with Crippen LogP contribution in [0.4, 0.5) is 16.2 Å². The zero-order valence-electron chi connectivity index (χ0n) is 14.1. The normalized spacial score (nSPS) is 14.1. The lowest BCUT2D eigenvalue weighted by Gasteiger charge is -2.17. The Morgan fingerprint density at radius 3 is 2.85 bits per heavy atom. The van der Waals surface area contributed by atoms with Crippen molar-refractivity contribution in [2.45, 2.75) is 0 Å². The highest BCUT2D eigenvalue weighted by molar-refractivity contribution is 6.31. The van der Waals surface area contributed by atoms with Crippen molar-refractivity contribution in [2.75, 3.05) is 23.4 Å². The number of pyridine rings is 1. The summed E-state index contributed by atoms with van der Waals surface area (Å²) in [7, 11) is 0. The number of halogens is 1. The Kier molecular flexibility index (Phi) is 4.52. The van der Waals surface area contributed by atoms with Crippen molar-refractivity contribution in [3.63, 3.8) is 0 Å². The Morgan fingerprint density at radius 1 is 1.22 bits per heavy atom. The van der Waals surface area contributed by atoms with Gasteiger partial charge >= 0.3 is 6.09 Å². The molecule has 27 heavy (non-hydrogen) atoms. The van der Waals surface area contributed by atoms with E-state index in [1.165, 1.54) is 11.0 Å². The van der Waals surface area contributed by atoms with E-state index in [4.69, 9.17) is 16.3 Å². The maximum atomic E-state index is 12.4. The fourth-order valence-electron chi connectivity index (χ4n) is 2.89. The van der Waals surface area contributed by atoms with Gasteiger partial charge in [0.05, 0.1) is 23.6 Å². The molecule has 0 radical (unpaired) electrons. The molecule has 1 aliphatic heterocycles. The lowest BCUT2D eigenvalue weighted by molar-refractivity contribution is -0.111. The molecule has 7 nitrogen and oxygen atoms in total. The third kappa shape index (κ3) is 3.37. The first-order valence-corrected chi connectivity index (χ1v) is 8.66. The van der Waals surface area contributed by atoms with Crippen molar-refractivity contribution in [3.8, 4) is 0 Å². The minimum absolute atomic E-state index is 0.311. The van der Waals surface area contributed by atoms with E-state index in [9.17, 15) is 9.59 Å². The van der Waals surface area contributed by atoms with Gasteiger partial charge in [0.25, 0.3) is 0 Å². The highest BCUT2D eigenvalue weighted by Crippen LogP contribution is 2.28. The molecule has 1 aromatic carbocycles. The van der Waals surface area contributed by atoms with Gasteiger partial charge in [0.15, 0.2) is 5.15 Å². The summed E-state index contributed by atoms with van der Waals surface area (Å²) in [5, 5.41) is 3.10. The number of benzene rings is 1. The number of aromatic nitrogens is 2. The average Bonchev–Trinajstić information content (AvgIpc) is 3.23. The van der Waals surface area contributed by atoms with Gasteiger partial charge in [-0.25, -0.2) is 9.78 Å². The molecular weight excluding hydrogens is 368 g/mol. The van der Waals surface area contributed by atoms with Crippen LogP contribution in [0.5, 0.6) is 0 Å². The summed E-state index contributed by atoms with van der Waals surface area (Å²) < 4.78 is 6.76. The Balaban J connectivity index is 1.56. The maximum absolute atomic E-state index is 12.4. The summed E-state index contributed by atoms with van der Waals surface area (Å²) >= 11 is 6.17. The predicted molar refractivity (Wildman–Crippen MR) is 103 cm³/mol. The zero-order valence-corrected chi connectivity index (χ0v) is 14.9. The van der Waals surface area contributed by atoms with E-state index in [0.717, 1.165) is 0 Å². The summed E-state index contributed by atoms with van der Waals surface area (Å²) in [5.74, 6) is -0.350. The van der Waals surface area contributed by atoms with Crippen molar-refractivity contribution >= 4 is 46.7 Å². The number of carbonyl (C=O) groups is 2. The minimum Gasteiger partial charge on any atom is -0.447 e. The molecular formula is C19H15ClN4O3. The smallest absolute Gasteiger partial charge is 0.414 e. The highest BCUT2D eigenvalue weighted by Gasteiger charge is 2.25. The molecule has 1 aliphatic rings. The molecule has 136 valence electrons.